The number of nitrogens with one attached hydrogen (secondary N) is 2. The summed E-state index contributed by atoms with van der Waals surface area (Å²) in [7, 11) is 0. The van der Waals surface area contributed by atoms with Gasteiger partial charge in [0.15, 0.2) is 0 Å². The lowest BCUT2D eigenvalue weighted by Gasteiger charge is -2.18. The van der Waals surface area contributed by atoms with Crippen molar-refractivity contribution in [2.45, 2.75) is 13.0 Å². The van der Waals surface area contributed by atoms with Gasteiger partial charge in [-0.1, -0.05) is 6.92 Å². The minimum Gasteiger partial charge on any atom is -0.354 e. The van der Waals surface area contributed by atoms with Crippen LogP contribution in [-0.4, -0.2) is 37.6 Å². The summed E-state index contributed by atoms with van der Waals surface area (Å²) >= 11 is 0. The number of fused-ring (bicyclic) bond motifs is 3. The lowest BCUT2D eigenvalue weighted by molar-refractivity contribution is 0.438. The van der Waals surface area contributed by atoms with Crippen LogP contribution in [0.25, 0.3) is 22.1 Å². The van der Waals surface area contributed by atoms with Crippen LogP contribution >= 0.6 is 0 Å². The number of hydrogen-bond donors (Lipinski definition) is 2. The summed E-state index contributed by atoms with van der Waals surface area (Å²) in [6, 6.07) is 7.69. The molecule has 2 N–H and O–H groups in total. The number of hydrogen-bond acceptors (Lipinski definition) is 5. The van der Waals surface area contributed by atoms with Gasteiger partial charge >= 0.3 is 5.69 Å². The molecule has 134 valence electrons. The molecule has 1 aliphatic heterocycles. The lowest BCUT2D eigenvalue weighted by Crippen LogP contribution is -2.27. The SMILES string of the molecule is C[C@@H]1CN(c2ccc(C#N)cn2)C[C@H]1n1c(=O)[nH]c2cnc3[nH]ccc3c21. The molecule has 1 fully saturated rings. The highest BCUT2D eigenvalue weighted by Gasteiger charge is 2.34. The molecule has 5 rings (SSSR count). The normalized spacial score (nSPS) is 19.8. The first kappa shape index (κ1) is 15.6. The third kappa shape index (κ3) is 2.32. The number of anilines is 1. The predicted octanol–water partition coefficient (Wildman–Crippen LogP) is 2.17. The maximum Gasteiger partial charge on any atom is 0.326 e. The number of H-pyrrole nitrogens is 2. The van der Waals surface area contributed by atoms with Crippen LogP contribution in [0.15, 0.2) is 41.6 Å². The third-order valence-electron chi connectivity index (χ3n) is 5.36. The molecule has 0 aromatic carbocycles. The van der Waals surface area contributed by atoms with Gasteiger partial charge in [0.25, 0.3) is 0 Å². The Hall–Kier alpha value is -3.60. The molecule has 0 saturated carbocycles. The van der Waals surface area contributed by atoms with Crippen LogP contribution in [0.5, 0.6) is 0 Å². The molecular formula is C19H17N7O. The fraction of sp³-hybridized carbons (Fsp3) is 0.263. The molecule has 2 atom stereocenters. The van der Waals surface area contributed by atoms with E-state index < -0.39 is 0 Å². The maximum atomic E-state index is 12.8. The molecule has 0 amide bonds. The van der Waals surface area contributed by atoms with Crippen molar-refractivity contribution >= 4 is 27.9 Å². The largest absolute Gasteiger partial charge is 0.354 e. The summed E-state index contributed by atoms with van der Waals surface area (Å²) in [5, 5.41) is 9.89. The van der Waals surface area contributed by atoms with Gasteiger partial charge in [0.05, 0.1) is 28.8 Å². The summed E-state index contributed by atoms with van der Waals surface area (Å²) in [4.78, 5) is 29.7. The van der Waals surface area contributed by atoms with Crippen molar-refractivity contribution in [1.82, 2.24) is 24.5 Å². The van der Waals surface area contributed by atoms with Crippen LogP contribution in [0.3, 0.4) is 0 Å². The van der Waals surface area contributed by atoms with E-state index in [2.05, 4.69) is 37.8 Å². The van der Waals surface area contributed by atoms with E-state index in [-0.39, 0.29) is 17.6 Å². The van der Waals surface area contributed by atoms with E-state index in [1.807, 2.05) is 22.9 Å². The summed E-state index contributed by atoms with van der Waals surface area (Å²) in [6.45, 7) is 3.63. The van der Waals surface area contributed by atoms with Crippen LogP contribution in [0.1, 0.15) is 18.5 Å². The van der Waals surface area contributed by atoms with Crippen molar-refractivity contribution in [3.63, 3.8) is 0 Å². The Morgan fingerprint density at radius 3 is 2.89 bits per heavy atom. The van der Waals surface area contributed by atoms with Gasteiger partial charge in [-0.3, -0.25) is 4.57 Å². The number of nitriles is 1. The topological polar surface area (TPSA) is 106 Å². The zero-order valence-electron chi connectivity index (χ0n) is 14.7. The quantitative estimate of drug-likeness (QED) is 0.570. The Bertz CT molecular complexity index is 1240. The molecule has 4 aromatic heterocycles. The van der Waals surface area contributed by atoms with Gasteiger partial charge in [-0.15, -0.1) is 0 Å². The molecule has 1 saturated heterocycles. The van der Waals surface area contributed by atoms with Crippen LogP contribution in [0.2, 0.25) is 0 Å². The Morgan fingerprint density at radius 2 is 2.11 bits per heavy atom. The molecule has 0 unspecified atom stereocenters. The van der Waals surface area contributed by atoms with E-state index in [9.17, 15) is 4.79 Å². The van der Waals surface area contributed by atoms with E-state index in [1.54, 1.807) is 18.5 Å². The van der Waals surface area contributed by atoms with Crippen molar-refractivity contribution in [2.75, 3.05) is 18.0 Å². The second-order valence-electron chi connectivity index (χ2n) is 7.03. The van der Waals surface area contributed by atoms with E-state index in [0.29, 0.717) is 12.1 Å². The zero-order valence-corrected chi connectivity index (χ0v) is 14.7. The number of aromatic amines is 2. The zero-order chi connectivity index (χ0) is 18.5. The monoisotopic (exact) mass is 359 g/mol. The lowest BCUT2D eigenvalue weighted by atomic mass is 10.1. The predicted molar refractivity (Wildman–Crippen MR) is 102 cm³/mol. The minimum atomic E-state index is -0.119. The molecule has 0 bridgehead atoms. The highest BCUT2D eigenvalue weighted by molar-refractivity contribution is 6.00. The van der Waals surface area contributed by atoms with E-state index >= 15 is 0 Å². The standard InChI is InChI=1S/C19H17N7O/c1-11-9-25(16-3-2-12(6-20)7-22-16)10-15(11)26-17-13-4-5-21-18(13)23-8-14(17)24-19(26)27/h2-5,7-8,11,15H,9-10H2,1H3,(H,21,23)(H,24,27)/t11-,15-/m1/s1. The molecule has 1 aliphatic rings. The number of aromatic nitrogens is 5. The van der Waals surface area contributed by atoms with E-state index in [1.165, 1.54) is 0 Å². The van der Waals surface area contributed by atoms with Crippen LogP contribution < -0.4 is 10.6 Å². The molecular weight excluding hydrogens is 342 g/mol. The molecule has 0 radical (unpaired) electrons. The first-order chi connectivity index (χ1) is 13.2. The summed E-state index contributed by atoms with van der Waals surface area (Å²) in [5.74, 6) is 1.09. The molecule has 27 heavy (non-hydrogen) atoms. The van der Waals surface area contributed by atoms with Crippen LogP contribution in [0, 0.1) is 17.2 Å². The van der Waals surface area contributed by atoms with Gasteiger partial charge in [0, 0.05) is 30.9 Å². The van der Waals surface area contributed by atoms with Gasteiger partial charge < -0.3 is 14.9 Å². The first-order valence-corrected chi connectivity index (χ1v) is 8.83. The van der Waals surface area contributed by atoms with Gasteiger partial charge in [0.1, 0.15) is 17.5 Å². The summed E-state index contributed by atoms with van der Waals surface area (Å²) in [6.07, 6.45) is 5.12. The smallest absolute Gasteiger partial charge is 0.326 e. The van der Waals surface area contributed by atoms with Gasteiger partial charge in [0.2, 0.25) is 0 Å². The molecule has 0 aliphatic carbocycles. The van der Waals surface area contributed by atoms with Crippen molar-refractivity contribution in [1.29, 1.82) is 5.26 Å². The first-order valence-electron chi connectivity index (χ1n) is 8.83. The highest BCUT2D eigenvalue weighted by atomic mass is 16.1. The molecule has 0 spiro atoms. The van der Waals surface area contributed by atoms with Gasteiger partial charge in [-0.25, -0.2) is 14.8 Å². The second kappa shape index (κ2) is 5.71. The maximum absolute atomic E-state index is 12.8. The number of imidazole rings is 1. The van der Waals surface area contributed by atoms with Crippen molar-refractivity contribution in [2.24, 2.45) is 5.92 Å². The Labute approximate surface area is 154 Å². The fourth-order valence-electron chi connectivity index (χ4n) is 4.05. The van der Waals surface area contributed by atoms with Crippen molar-refractivity contribution in [3.8, 4) is 6.07 Å². The Balaban J connectivity index is 1.58. The Kier molecular flexibility index (Phi) is 3.31. The molecule has 8 heteroatoms. The fourth-order valence-corrected chi connectivity index (χ4v) is 4.05. The minimum absolute atomic E-state index is 0.0178. The van der Waals surface area contributed by atoms with Crippen LogP contribution in [-0.2, 0) is 0 Å². The number of nitrogens with zero attached hydrogens (tertiary/aromatic N) is 5. The average Bonchev–Trinajstić information content (AvgIpc) is 3.37. The van der Waals surface area contributed by atoms with Gasteiger partial charge in [-0.2, -0.15) is 5.26 Å². The van der Waals surface area contributed by atoms with Crippen molar-refractivity contribution < 1.29 is 0 Å². The summed E-state index contributed by atoms with van der Waals surface area (Å²) < 4.78 is 1.86. The molecule has 5 heterocycles. The number of rotatable bonds is 2. The van der Waals surface area contributed by atoms with Crippen LogP contribution in [0.4, 0.5) is 5.82 Å². The van der Waals surface area contributed by atoms with Crippen molar-refractivity contribution in [3.05, 3.63) is 52.8 Å². The second-order valence-corrected chi connectivity index (χ2v) is 7.03. The Morgan fingerprint density at radius 1 is 1.22 bits per heavy atom. The summed E-state index contributed by atoms with van der Waals surface area (Å²) in [5.41, 5.74) is 2.82. The van der Waals surface area contributed by atoms with E-state index in [4.69, 9.17) is 5.26 Å². The number of pyridine rings is 2. The molecule has 8 nitrogen and oxygen atoms in total. The molecule has 4 aromatic rings. The van der Waals surface area contributed by atoms with Gasteiger partial charge in [-0.05, 0) is 24.1 Å². The third-order valence-corrected chi connectivity index (χ3v) is 5.36. The average molecular weight is 359 g/mol. The van der Waals surface area contributed by atoms with E-state index in [0.717, 1.165) is 34.4 Å². The highest BCUT2D eigenvalue weighted by Crippen LogP contribution is 2.33.